The Morgan fingerprint density at radius 3 is 0.534 bits per heavy atom. The van der Waals surface area contributed by atoms with Crippen molar-refractivity contribution in [2.75, 3.05) is 36.2 Å². The molecule has 88 heavy (non-hydrogen) atoms. The number of hydrogen-bond acceptors (Lipinski definition) is 6. The number of benzene rings is 10. The van der Waals surface area contributed by atoms with Crippen molar-refractivity contribution in [2.24, 2.45) is 0 Å². The third-order valence-electron chi connectivity index (χ3n) is 15.9. The molecular weight excluding hydrogens is 1080 g/mol. The van der Waals surface area contributed by atoms with Crippen LogP contribution in [0.4, 0.5) is 34.1 Å². The summed E-state index contributed by atoms with van der Waals surface area (Å²) in [5.41, 5.74) is 23.2. The molecule has 10 rings (SSSR count). The zero-order valence-corrected chi connectivity index (χ0v) is 50.7. The van der Waals surface area contributed by atoms with Crippen molar-refractivity contribution in [3.05, 3.63) is 347 Å². The van der Waals surface area contributed by atoms with Crippen LogP contribution in [0.3, 0.4) is 0 Å². The van der Waals surface area contributed by atoms with E-state index in [2.05, 4.69) is 279 Å². The summed E-state index contributed by atoms with van der Waals surface area (Å²) in [4.78, 5) is 4.69. The van der Waals surface area contributed by atoms with Crippen LogP contribution >= 0.6 is 0 Å². The number of ether oxygens (including phenoxy) is 4. The van der Waals surface area contributed by atoms with Gasteiger partial charge >= 0.3 is 0 Å². The molecule has 0 saturated carbocycles. The van der Waals surface area contributed by atoms with Crippen molar-refractivity contribution in [3.63, 3.8) is 0 Å². The summed E-state index contributed by atoms with van der Waals surface area (Å²) < 4.78 is 24.4. The van der Waals surface area contributed by atoms with Crippen LogP contribution in [0.1, 0.15) is 77.9 Å². The molecule has 0 aromatic heterocycles. The van der Waals surface area contributed by atoms with E-state index in [9.17, 15) is 0 Å². The first kappa shape index (κ1) is 61.7. The summed E-state index contributed by atoms with van der Waals surface area (Å²) >= 11 is 0. The van der Waals surface area contributed by atoms with Crippen LogP contribution in [0.5, 0.6) is 0 Å². The number of aryl methyl sites for hydroxylation is 2. The van der Waals surface area contributed by atoms with Crippen molar-refractivity contribution in [3.8, 4) is 0 Å². The van der Waals surface area contributed by atoms with Crippen LogP contribution < -0.4 is 9.80 Å². The summed E-state index contributed by atoms with van der Waals surface area (Å²) in [5.74, 6) is 0. The molecule has 0 aliphatic heterocycles. The minimum atomic E-state index is 0.584. The van der Waals surface area contributed by atoms with Gasteiger partial charge in [-0.2, -0.15) is 0 Å². The van der Waals surface area contributed by atoms with E-state index in [1.165, 1.54) is 33.4 Å². The molecule has 0 saturated heterocycles. The molecule has 6 heteroatoms. The van der Waals surface area contributed by atoms with Gasteiger partial charge in [-0.25, -0.2) is 0 Å². The van der Waals surface area contributed by atoms with Gasteiger partial charge in [0.25, 0.3) is 0 Å². The van der Waals surface area contributed by atoms with E-state index in [0.717, 1.165) is 117 Å². The lowest BCUT2D eigenvalue weighted by Crippen LogP contribution is -2.11. The zero-order valence-electron chi connectivity index (χ0n) is 50.7. The van der Waals surface area contributed by atoms with Crippen molar-refractivity contribution in [1.29, 1.82) is 0 Å². The summed E-state index contributed by atoms with van der Waals surface area (Å²) in [5, 5.41) is 0. The SMILES string of the molecule is C=Cc1ccc(COCCc2ccc(N(c3ccc(CCOCc4ccc(C=C)cc4)cc3)c3ccc(CCc4ccc(N(c5ccc(CCOCc6ccc(C=C)cc6)cc5)c5ccc(CCOCc6ccc(C=C)cc6)cc5)cc4)cc3)cc2)cc1. The highest BCUT2D eigenvalue weighted by Gasteiger charge is 2.16. The second-order valence-corrected chi connectivity index (χ2v) is 22.2. The van der Waals surface area contributed by atoms with Crippen molar-refractivity contribution >= 4 is 58.4 Å². The van der Waals surface area contributed by atoms with Gasteiger partial charge in [0, 0.05) is 34.1 Å². The van der Waals surface area contributed by atoms with Crippen LogP contribution in [0.25, 0.3) is 24.3 Å². The third kappa shape index (κ3) is 18.1. The Bertz CT molecular complexity index is 3280. The van der Waals surface area contributed by atoms with Gasteiger partial charge in [-0.3, -0.25) is 0 Å². The molecule has 6 nitrogen and oxygen atoms in total. The fourth-order valence-corrected chi connectivity index (χ4v) is 10.6. The molecule has 0 amide bonds. The molecule has 0 unspecified atom stereocenters. The van der Waals surface area contributed by atoms with Crippen LogP contribution in [0.2, 0.25) is 0 Å². The summed E-state index contributed by atoms with van der Waals surface area (Å²) in [6.07, 6.45) is 12.6. The first-order valence-corrected chi connectivity index (χ1v) is 30.7. The van der Waals surface area contributed by atoms with Crippen LogP contribution in [0.15, 0.2) is 269 Å². The van der Waals surface area contributed by atoms with Crippen LogP contribution in [0, 0.1) is 0 Å². The normalized spacial score (nSPS) is 11.0. The van der Waals surface area contributed by atoms with Gasteiger partial charge in [-0.05, 0) is 189 Å². The van der Waals surface area contributed by atoms with E-state index < -0.39 is 0 Å². The second kappa shape index (κ2) is 32.4. The molecule has 0 aliphatic carbocycles. The maximum atomic E-state index is 6.09. The molecule has 0 radical (unpaired) electrons. The molecule has 10 aromatic rings. The summed E-state index contributed by atoms with van der Waals surface area (Å²) in [7, 11) is 0. The first-order valence-electron chi connectivity index (χ1n) is 30.7. The van der Waals surface area contributed by atoms with Gasteiger partial charge in [-0.1, -0.05) is 220 Å². The van der Waals surface area contributed by atoms with Crippen molar-refractivity contribution < 1.29 is 18.9 Å². The molecule has 0 heterocycles. The Labute approximate surface area is 522 Å². The molecule has 0 N–H and O–H groups in total. The zero-order chi connectivity index (χ0) is 60.5. The highest BCUT2D eigenvalue weighted by molar-refractivity contribution is 5.78. The average Bonchev–Trinajstić information content (AvgIpc) is 3.10. The quantitative estimate of drug-likeness (QED) is 0.0382. The van der Waals surface area contributed by atoms with Crippen molar-refractivity contribution in [1.82, 2.24) is 0 Å². The fraction of sp³-hybridized carbons (Fsp3) is 0.171. The smallest absolute Gasteiger partial charge is 0.0717 e. The molecule has 0 bridgehead atoms. The van der Waals surface area contributed by atoms with Gasteiger partial charge in [0.05, 0.1) is 52.9 Å². The summed E-state index contributed by atoms with van der Waals surface area (Å²) in [6.45, 7) is 20.4. The van der Waals surface area contributed by atoms with Gasteiger partial charge in [-0.15, -0.1) is 0 Å². The Morgan fingerprint density at radius 2 is 0.364 bits per heavy atom. The number of hydrogen-bond donors (Lipinski definition) is 0. The average molecular weight is 1160 g/mol. The minimum Gasteiger partial charge on any atom is -0.376 e. The Morgan fingerprint density at radius 1 is 0.205 bits per heavy atom. The number of anilines is 6. The van der Waals surface area contributed by atoms with Crippen LogP contribution in [-0.4, -0.2) is 26.4 Å². The maximum Gasteiger partial charge on any atom is 0.0717 e. The van der Waals surface area contributed by atoms with E-state index >= 15 is 0 Å². The van der Waals surface area contributed by atoms with E-state index in [0.29, 0.717) is 52.9 Å². The second-order valence-electron chi connectivity index (χ2n) is 22.2. The van der Waals surface area contributed by atoms with Crippen LogP contribution in [-0.2, 0) is 83.9 Å². The monoisotopic (exact) mass is 1160 g/mol. The van der Waals surface area contributed by atoms with Gasteiger partial charge in [0.2, 0.25) is 0 Å². The lowest BCUT2D eigenvalue weighted by atomic mass is 10.0. The fourth-order valence-electron chi connectivity index (χ4n) is 10.6. The van der Waals surface area contributed by atoms with Gasteiger partial charge in [0.1, 0.15) is 0 Å². The van der Waals surface area contributed by atoms with E-state index in [1.807, 2.05) is 24.3 Å². The highest BCUT2D eigenvalue weighted by atomic mass is 16.5. The topological polar surface area (TPSA) is 43.4 Å². The van der Waals surface area contributed by atoms with E-state index in [4.69, 9.17) is 18.9 Å². The highest BCUT2D eigenvalue weighted by Crippen LogP contribution is 2.37. The standard InChI is InChI=1S/C82H80N2O4/c1-5-63-9-19-73(20-10-63)59-85-55-51-69-31-43-79(44-32-69)83(80-45-33-70(34-46-80)52-56-86-60-74-21-11-64(6-2)12-22-74)77-39-27-67(28-40-77)17-18-68-29-41-78(42-30-68)84(81-47-35-71(36-48-81)53-57-87-61-75-23-13-65(7-3)14-24-75)82-49-37-72(38-50-82)54-58-88-62-76-25-15-66(8-4)16-26-76/h5-16,19-50H,1-4,17-18,51-62H2. The molecule has 0 atom stereocenters. The predicted molar refractivity (Wildman–Crippen MR) is 369 cm³/mol. The largest absolute Gasteiger partial charge is 0.376 e. The minimum absolute atomic E-state index is 0.584. The maximum absolute atomic E-state index is 6.09. The van der Waals surface area contributed by atoms with Crippen molar-refractivity contribution in [2.45, 2.75) is 65.0 Å². The first-order chi connectivity index (χ1) is 43.4. The Kier molecular flexibility index (Phi) is 22.7. The molecule has 442 valence electrons. The molecular formula is C82H80N2O4. The van der Waals surface area contributed by atoms with E-state index in [-0.39, 0.29) is 0 Å². The summed E-state index contributed by atoms with van der Waals surface area (Å²) in [6, 6.07) is 87.2. The third-order valence-corrected chi connectivity index (χ3v) is 15.9. The molecule has 0 spiro atoms. The number of rotatable bonds is 33. The molecule has 10 aromatic carbocycles. The van der Waals surface area contributed by atoms with Gasteiger partial charge < -0.3 is 28.7 Å². The Hall–Kier alpha value is -9.40. The predicted octanol–water partition coefficient (Wildman–Crippen LogP) is 20.0. The lowest BCUT2D eigenvalue weighted by Gasteiger charge is -2.26. The lowest BCUT2D eigenvalue weighted by molar-refractivity contribution is 0.124. The van der Waals surface area contributed by atoms with Gasteiger partial charge in [0.15, 0.2) is 0 Å². The molecule has 0 aliphatic rings. The molecule has 0 fully saturated rings. The van der Waals surface area contributed by atoms with E-state index in [1.54, 1.807) is 0 Å². The Balaban J connectivity index is 0.793. The number of nitrogens with zero attached hydrogens (tertiary/aromatic N) is 2.